The van der Waals surface area contributed by atoms with Crippen LogP contribution < -0.4 is 4.74 Å². The van der Waals surface area contributed by atoms with Gasteiger partial charge in [0.1, 0.15) is 17.4 Å². The summed E-state index contributed by atoms with van der Waals surface area (Å²) in [7, 11) is 0. The quantitative estimate of drug-likeness (QED) is 0.736. The summed E-state index contributed by atoms with van der Waals surface area (Å²) in [6, 6.07) is 6.38. The zero-order chi connectivity index (χ0) is 14.8. The van der Waals surface area contributed by atoms with Crippen molar-refractivity contribution in [1.82, 2.24) is 4.98 Å². The summed E-state index contributed by atoms with van der Waals surface area (Å²) in [6.45, 7) is 9.22. The Bertz CT molecular complexity index is 586. The van der Waals surface area contributed by atoms with E-state index in [9.17, 15) is 0 Å². The fraction of sp³-hybridized carbons (Fsp3) is 0.438. The molecule has 0 bridgehead atoms. The molecule has 108 valence electrons. The molecule has 2 aromatic rings. The van der Waals surface area contributed by atoms with Gasteiger partial charge in [0.2, 0.25) is 0 Å². The Morgan fingerprint density at radius 1 is 1.30 bits per heavy atom. The number of nitrogens with zero attached hydrogens (tertiary/aromatic N) is 1. The van der Waals surface area contributed by atoms with Crippen LogP contribution in [0.15, 0.2) is 23.6 Å². The van der Waals surface area contributed by atoms with Crippen LogP contribution in [0.4, 0.5) is 0 Å². The Morgan fingerprint density at radius 2 is 2.05 bits per heavy atom. The molecule has 20 heavy (non-hydrogen) atoms. The summed E-state index contributed by atoms with van der Waals surface area (Å²) >= 11 is 7.33. The molecule has 0 aliphatic carbocycles. The van der Waals surface area contributed by atoms with Crippen molar-refractivity contribution in [3.63, 3.8) is 0 Å². The summed E-state index contributed by atoms with van der Waals surface area (Å²) in [5, 5.41) is 2.93. The number of rotatable bonds is 4. The molecule has 0 saturated heterocycles. The third-order valence-corrected chi connectivity index (χ3v) is 4.27. The molecule has 0 saturated carbocycles. The highest BCUT2D eigenvalue weighted by Crippen LogP contribution is 2.28. The minimum Gasteiger partial charge on any atom is -0.486 e. The van der Waals surface area contributed by atoms with Crippen molar-refractivity contribution in [3.8, 4) is 5.75 Å². The molecule has 0 spiro atoms. The van der Waals surface area contributed by atoms with Crippen LogP contribution in [-0.4, -0.2) is 4.98 Å². The van der Waals surface area contributed by atoms with Gasteiger partial charge in [-0.1, -0.05) is 32.9 Å². The fourth-order valence-corrected chi connectivity index (χ4v) is 2.83. The lowest BCUT2D eigenvalue weighted by atomic mass is 9.86. The van der Waals surface area contributed by atoms with Gasteiger partial charge >= 0.3 is 0 Å². The Labute approximate surface area is 129 Å². The summed E-state index contributed by atoms with van der Waals surface area (Å²) in [4.78, 5) is 4.39. The first kappa shape index (κ1) is 15.3. The molecule has 1 aromatic heterocycles. The van der Waals surface area contributed by atoms with E-state index in [4.69, 9.17) is 16.3 Å². The molecule has 0 aliphatic rings. The van der Waals surface area contributed by atoms with Crippen LogP contribution in [0.1, 0.15) is 42.6 Å². The second kappa shape index (κ2) is 6.15. The molecule has 0 atom stereocenters. The zero-order valence-corrected chi connectivity index (χ0v) is 13.9. The smallest absolute Gasteiger partial charge is 0.140 e. The number of aryl methyl sites for hydroxylation is 1. The maximum Gasteiger partial charge on any atom is 0.140 e. The van der Waals surface area contributed by atoms with Crippen LogP contribution in [0.3, 0.4) is 0 Å². The van der Waals surface area contributed by atoms with Crippen LogP contribution >= 0.6 is 22.9 Å². The molecule has 0 amide bonds. The van der Waals surface area contributed by atoms with Crippen molar-refractivity contribution in [2.75, 3.05) is 0 Å². The van der Waals surface area contributed by atoms with Crippen LogP contribution in [-0.2, 0) is 17.9 Å². The molecule has 1 heterocycles. The summed E-state index contributed by atoms with van der Waals surface area (Å²) < 4.78 is 5.85. The number of hydrogen-bond acceptors (Lipinski definition) is 3. The van der Waals surface area contributed by atoms with Crippen molar-refractivity contribution in [3.05, 3.63) is 45.4 Å². The normalized spacial score (nSPS) is 11.7. The van der Waals surface area contributed by atoms with Crippen LogP contribution in [0.25, 0.3) is 0 Å². The van der Waals surface area contributed by atoms with E-state index in [1.807, 2.05) is 11.4 Å². The van der Waals surface area contributed by atoms with E-state index in [-0.39, 0.29) is 5.41 Å². The SMILES string of the molecule is Cc1cc(C(C)(C)C)ccc1OCc1nc(CCl)cs1. The molecular weight excluding hydrogens is 290 g/mol. The third-order valence-electron chi connectivity index (χ3n) is 3.13. The molecular formula is C16H20ClNOS. The molecule has 0 unspecified atom stereocenters. The van der Waals surface area contributed by atoms with E-state index in [2.05, 4.69) is 44.8 Å². The van der Waals surface area contributed by atoms with Gasteiger partial charge in [0.05, 0.1) is 11.6 Å². The lowest BCUT2D eigenvalue weighted by molar-refractivity contribution is 0.303. The van der Waals surface area contributed by atoms with E-state index >= 15 is 0 Å². The average molecular weight is 310 g/mol. The monoisotopic (exact) mass is 309 g/mol. The lowest BCUT2D eigenvalue weighted by Crippen LogP contribution is -2.11. The van der Waals surface area contributed by atoms with E-state index in [0.29, 0.717) is 12.5 Å². The molecule has 4 heteroatoms. The predicted octanol–water partition coefficient (Wildman–Crippen LogP) is 5.07. The number of halogens is 1. The highest BCUT2D eigenvalue weighted by atomic mass is 35.5. The molecule has 0 fully saturated rings. The first-order valence-corrected chi connectivity index (χ1v) is 8.05. The Hall–Kier alpha value is -1.06. The van der Waals surface area contributed by atoms with Crippen molar-refractivity contribution in [1.29, 1.82) is 0 Å². The van der Waals surface area contributed by atoms with Gasteiger partial charge in [0.25, 0.3) is 0 Å². The second-order valence-corrected chi connectivity index (χ2v) is 7.10. The number of benzene rings is 1. The molecule has 2 nitrogen and oxygen atoms in total. The third kappa shape index (κ3) is 3.74. The summed E-state index contributed by atoms with van der Waals surface area (Å²) in [5.74, 6) is 1.37. The van der Waals surface area contributed by atoms with Gasteiger partial charge < -0.3 is 4.74 Å². The average Bonchev–Trinajstić information content (AvgIpc) is 2.84. The number of hydrogen-bond donors (Lipinski definition) is 0. The maximum absolute atomic E-state index is 5.85. The zero-order valence-electron chi connectivity index (χ0n) is 12.4. The first-order chi connectivity index (χ1) is 9.40. The molecule has 0 N–H and O–H groups in total. The van der Waals surface area contributed by atoms with Crippen molar-refractivity contribution in [2.45, 2.75) is 45.6 Å². The van der Waals surface area contributed by atoms with Crippen molar-refractivity contribution < 1.29 is 4.74 Å². The Morgan fingerprint density at radius 3 is 2.60 bits per heavy atom. The molecule has 0 radical (unpaired) electrons. The maximum atomic E-state index is 5.85. The largest absolute Gasteiger partial charge is 0.486 e. The van der Waals surface area contributed by atoms with Gasteiger partial charge in [0.15, 0.2) is 0 Å². The standard InChI is InChI=1S/C16H20ClNOS/c1-11-7-12(16(2,3)4)5-6-14(11)19-9-15-18-13(8-17)10-20-15/h5-7,10H,8-9H2,1-4H3. The van der Waals surface area contributed by atoms with Crippen LogP contribution in [0.2, 0.25) is 0 Å². The second-order valence-electron chi connectivity index (χ2n) is 5.89. The van der Waals surface area contributed by atoms with E-state index < -0.39 is 0 Å². The lowest BCUT2D eigenvalue weighted by Gasteiger charge is -2.20. The van der Waals surface area contributed by atoms with E-state index in [1.165, 1.54) is 5.56 Å². The fourth-order valence-electron chi connectivity index (χ4n) is 1.89. The minimum atomic E-state index is 0.161. The van der Waals surface area contributed by atoms with E-state index in [0.717, 1.165) is 22.0 Å². The van der Waals surface area contributed by atoms with Gasteiger partial charge in [-0.2, -0.15) is 0 Å². The van der Waals surface area contributed by atoms with Crippen LogP contribution in [0, 0.1) is 6.92 Å². The summed E-state index contributed by atoms with van der Waals surface area (Å²) in [5.41, 5.74) is 3.55. The van der Waals surface area contributed by atoms with Gasteiger partial charge in [0, 0.05) is 5.38 Å². The first-order valence-electron chi connectivity index (χ1n) is 6.63. The summed E-state index contributed by atoms with van der Waals surface area (Å²) in [6.07, 6.45) is 0. The van der Waals surface area contributed by atoms with E-state index in [1.54, 1.807) is 11.3 Å². The van der Waals surface area contributed by atoms with Gasteiger partial charge in [-0.25, -0.2) is 4.98 Å². The number of ether oxygens (including phenoxy) is 1. The highest BCUT2D eigenvalue weighted by Gasteiger charge is 2.14. The molecule has 0 aliphatic heterocycles. The van der Waals surface area contributed by atoms with Gasteiger partial charge in [-0.05, 0) is 29.5 Å². The van der Waals surface area contributed by atoms with Crippen molar-refractivity contribution in [2.24, 2.45) is 0 Å². The number of alkyl halides is 1. The van der Waals surface area contributed by atoms with Crippen LogP contribution in [0.5, 0.6) is 5.75 Å². The van der Waals surface area contributed by atoms with Gasteiger partial charge in [-0.15, -0.1) is 22.9 Å². The number of thiazole rings is 1. The van der Waals surface area contributed by atoms with Crippen molar-refractivity contribution >= 4 is 22.9 Å². The molecule has 1 aromatic carbocycles. The minimum absolute atomic E-state index is 0.161. The number of aromatic nitrogens is 1. The highest BCUT2D eigenvalue weighted by molar-refractivity contribution is 7.09. The van der Waals surface area contributed by atoms with Gasteiger partial charge in [-0.3, -0.25) is 0 Å². The Kier molecular flexibility index (Phi) is 4.71. The Balaban J connectivity index is 2.06. The topological polar surface area (TPSA) is 22.1 Å². The predicted molar refractivity (Wildman–Crippen MR) is 85.9 cm³/mol. The molecule has 2 rings (SSSR count).